The molecule has 1 aliphatic carbocycles. The lowest BCUT2D eigenvalue weighted by atomic mass is 10.2. The fraction of sp³-hybridized carbons (Fsp3) is 0.368. The van der Waals surface area contributed by atoms with Crippen LogP contribution in [0, 0.1) is 0 Å². The van der Waals surface area contributed by atoms with E-state index in [9.17, 15) is 4.79 Å². The third-order valence-corrected chi connectivity index (χ3v) is 7.79. The number of nitrogens with one attached hydrogen (secondary N) is 1. The van der Waals surface area contributed by atoms with Crippen LogP contribution in [0.4, 0.5) is 0 Å². The van der Waals surface area contributed by atoms with Gasteiger partial charge < -0.3 is 9.55 Å². The molecular weight excluding hydrogens is 410 g/mol. The van der Waals surface area contributed by atoms with Crippen molar-refractivity contribution in [3.8, 4) is 10.4 Å². The molecule has 0 bridgehead atoms. The third-order valence-electron chi connectivity index (χ3n) is 4.92. The van der Waals surface area contributed by atoms with Crippen molar-refractivity contribution in [1.29, 1.82) is 0 Å². The van der Waals surface area contributed by atoms with E-state index < -0.39 is 0 Å². The van der Waals surface area contributed by atoms with Crippen LogP contribution in [0.15, 0.2) is 32.8 Å². The number of aromatic nitrogens is 5. The Labute approximate surface area is 174 Å². The molecule has 1 N–H and O–H groups in total. The van der Waals surface area contributed by atoms with E-state index in [0.29, 0.717) is 17.1 Å². The predicted octanol–water partition coefficient (Wildman–Crippen LogP) is 5.06. The van der Waals surface area contributed by atoms with Gasteiger partial charge in [-0.3, -0.25) is 4.79 Å². The van der Waals surface area contributed by atoms with Gasteiger partial charge >= 0.3 is 0 Å². The molecule has 0 saturated heterocycles. The van der Waals surface area contributed by atoms with Crippen LogP contribution in [-0.2, 0) is 6.54 Å². The van der Waals surface area contributed by atoms with E-state index >= 15 is 0 Å². The van der Waals surface area contributed by atoms with E-state index in [4.69, 9.17) is 4.98 Å². The Balaban J connectivity index is 1.47. The molecule has 4 aromatic heterocycles. The Kier molecular flexibility index (Phi) is 4.60. The van der Waals surface area contributed by atoms with E-state index in [1.54, 1.807) is 23.1 Å². The van der Waals surface area contributed by atoms with Gasteiger partial charge in [0.15, 0.2) is 5.16 Å². The lowest BCUT2D eigenvalue weighted by Gasteiger charge is -2.11. The number of hydrogen-bond acceptors (Lipinski definition) is 7. The number of hydrogen-bond donors (Lipinski definition) is 1. The summed E-state index contributed by atoms with van der Waals surface area (Å²) >= 11 is 4.75. The maximum absolute atomic E-state index is 12.8. The Morgan fingerprint density at radius 3 is 2.93 bits per heavy atom. The molecule has 5 rings (SSSR count). The van der Waals surface area contributed by atoms with Gasteiger partial charge in [-0.25, -0.2) is 4.98 Å². The van der Waals surface area contributed by atoms with Crippen molar-refractivity contribution in [3.05, 3.63) is 44.9 Å². The first kappa shape index (κ1) is 18.1. The Morgan fingerprint density at radius 1 is 1.36 bits per heavy atom. The standard InChI is InChI=1S/C19H19N5OS3/c1-3-24-16(11-6-7-11)22-23-19(24)28-10(2)15-20-17(25)14-12(9-27-18(14)21-15)13-5-4-8-26-13/h4-5,8-11H,3,6-7H2,1-2H3,(H,20,21,25)/t10-/m0/s1. The first-order valence-electron chi connectivity index (χ1n) is 9.30. The maximum atomic E-state index is 12.8. The molecule has 4 heterocycles. The first-order chi connectivity index (χ1) is 13.7. The molecule has 6 nitrogen and oxygen atoms in total. The minimum Gasteiger partial charge on any atom is -0.309 e. The number of nitrogens with zero attached hydrogens (tertiary/aromatic N) is 4. The molecule has 0 aromatic carbocycles. The molecule has 0 radical (unpaired) electrons. The number of H-pyrrole nitrogens is 1. The molecular formula is C19H19N5OS3. The van der Waals surface area contributed by atoms with Crippen LogP contribution < -0.4 is 5.56 Å². The fourth-order valence-corrected chi connectivity index (χ4v) is 6.06. The molecule has 1 fully saturated rings. The molecule has 1 saturated carbocycles. The molecule has 144 valence electrons. The smallest absolute Gasteiger partial charge is 0.260 e. The highest BCUT2D eigenvalue weighted by molar-refractivity contribution is 7.99. The SMILES string of the molecule is CCn1c(S[C@@H](C)c2nc3scc(-c4cccs4)c3c(=O)[nH]2)nnc1C1CC1. The Bertz CT molecular complexity index is 1190. The first-order valence-corrected chi connectivity index (χ1v) is 11.9. The average Bonchev–Trinajstić information content (AvgIpc) is 3.10. The summed E-state index contributed by atoms with van der Waals surface area (Å²) in [6.07, 6.45) is 2.41. The summed E-state index contributed by atoms with van der Waals surface area (Å²) in [7, 11) is 0. The van der Waals surface area contributed by atoms with Gasteiger partial charge in [0.25, 0.3) is 5.56 Å². The molecule has 0 aliphatic heterocycles. The van der Waals surface area contributed by atoms with E-state index in [1.165, 1.54) is 24.2 Å². The lowest BCUT2D eigenvalue weighted by molar-refractivity contribution is 0.642. The van der Waals surface area contributed by atoms with Gasteiger partial charge in [-0.15, -0.1) is 32.9 Å². The van der Waals surface area contributed by atoms with E-state index in [2.05, 4.69) is 26.7 Å². The van der Waals surface area contributed by atoms with Gasteiger partial charge in [-0.1, -0.05) is 17.8 Å². The third kappa shape index (κ3) is 3.11. The van der Waals surface area contributed by atoms with Crippen molar-refractivity contribution in [3.63, 3.8) is 0 Å². The second kappa shape index (κ2) is 7.13. The van der Waals surface area contributed by atoms with E-state index in [-0.39, 0.29) is 10.8 Å². The largest absolute Gasteiger partial charge is 0.309 e. The number of aromatic amines is 1. The highest BCUT2D eigenvalue weighted by Gasteiger charge is 2.30. The topological polar surface area (TPSA) is 76.5 Å². The van der Waals surface area contributed by atoms with Crippen LogP contribution in [-0.4, -0.2) is 24.7 Å². The predicted molar refractivity (Wildman–Crippen MR) is 115 cm³/mol. The lowest BCUT2D eigenvalue weighted by Crippen LogP contribution is -2.12. The minimum atomic E-state index is -0.0762. The summed E-state index contributed by atoms with van der Waals surface area (Å²) in [4.78, 5) is 22.5. The molecule has 28 heavy (non-hydrogen) atoms. The zero-order valence-corrected chi connectivity index (χ0v) is 18.0. The summed E-state index contributed by atoms with van der Waals surface area (Å²) in [5.74, 6) is 2.34. The molecule has 0 unspecified atom stereocenters. The van der Waals surface area contributed by atoms with Crippen LogP contribution in [0.25, 0.3) is 20.7 Å². The molecule has 0 amide bonds. The normalized spacial score (nSPS) is 15.4. The zero-order valence-electron chi connectivity index (χ0n) is 15.5. The number of thioether (sulfide) groups is 1. The maximum Gasteiger partial charge on any atom is 0.260 e. The monoisotopic (exact) mass is 429 g/mol. The number of fused-ring (bicyclic) bond motifs is 1. The van der Waals surface area contributed by atoms with Crippen LogP contribution in [0.5, 0.6) is 0 Å². The van der Waals surface area contributed by atoms with Crippen LogP contribution in [0.1, 0.15) is 49.5 Å². The van der Waals surface area contributed by atoms with E-state index in [1.807, 2.05) is 29.8 Å². The van der Waals surface area contributed by atoms with Crippen molar-refractivity contribution < 1.29 is 0 Å². The second-order valence-electron chi connectivity index (χ2n) is 6.88. The van der Waals surface area contributed by atoms with Gasteiger partial charge in [-0.2, -0.15) is 0 Å². The van der Waals surface area contributed by atoms with Crippen molar-refractivity contribution in [2.24, 2.45) is 0 Å². The van der Waals surface area contributed by atoms with Gasteiger partial charge in [0, 0.05) is 28.3 Å². The van der Waals surface area contributed by atoms with Gasteiger partial charge in [-0.05, 0) is 38.1 Å². The quantitative estimate of drug-likeness (QED) is 0.434. The van der Waals surface area contributed by atoms with E-state index in [0.717, 1.165) is 32.8 Å². The fourth-order valence-electron chi connectivity index (χ4n) is 3.31. The van der Waals surface area contributed by atoms with Gasteiger partial charge in [0.2, 0.25) is 0 Å². The van der Waals surface area contributed by atoms with Crippen LogP contribution >= 0.6 is 34.4 Å². The summed E-state index contributed by atoms with van der Waals surface area (Å²) < 4.78 is 2.19. The van der Waals surface area contributed by atoms with Crippen molar-refractivity contribution in [2.45, 2.75) is 49.6 Å². The molecule has 1 aliphatic rings. The van der Waals surface area contributed by atoms with Crippen molar-refractivity contribution in [2.75, 3.05) is 0 Å². The molecule has 0 spiro atoms. The van der Waals surface area contributed by atoms with Crippen molar-refractivity contribution >= 4 is 44.7 Å². The molecule has 9 heteroatoms. The number of rotatable bonds is 6. The summed E-state index contributed by atoms with van der Waals surface area (Å²) in [5, 5.41) is 14.4. The van der Waals surface area contributed by atoms with Gasteiger partial charge in [0.1, 0.15) is 16.5 Å². The average molecular weight is 430 g/mol. The molecule has 1 atom stereocenters. The highest BCUT2D eigenvalue weighted by Crippen LogP contribution is 2.41. The molecule has 4 aromatic rings. The zero-order chi connectivity index (χ0) is 19.3. The summed E-state index contributed by atoms with van der Waals surface area (Å²) in [6, 6.07) is 4.03. The summed E-state index contributed by atoms with van der Waals surface area (Å²) in [6.45, 7) is 5.02. The minimum absolute atomic E-state index is 0.0223. The second-order valence-corrected chi connectivity index (χ2v) is 9.99. The highest BCUT2D eigenvalue weighted by atomic mass is 32.2. The van der Waals surface area contributed by atoms with Gasteiger partial charge in [0.05, 0.1) is 10.6 Å². The van der Waals surface area contributed by atoms with Crippen LogP contribution in [0.2, 0.25) is 0 Å². The van der Waals surface area contributed by atoms with Crippen molar-refractivity contribution in [1.82, 2.24) is 24.7 Å². The Morgan fingerprint density at radius 2 is 2.21 bits per heavy atom. The summed E-state index contributed by atoms with van der Waals surface area (Å²) in [5.41, 5.74) is 0.892. The number of thiophene rings is 2. The Hall–Kier alpha value is -1.97. The van der Waals surface area contributed by atoms with Crippen LogP contribution in [0.3, 0.4) is 0 Å².